The molecule has 0 fully saturated rings. The van der Waals surface area contributed by atoms with Gasteiger partial charge in [0.05, 0.1) is 0 Å². The van der Waals surface area contributed by atoms with Gasteiger partial charge < -0.3 is 9.80 Å². The van der Waals surface area contributed by atoms with E-state index in [0.29, 0.717) is 11.8 Å². The summed E-state index contributed by atoms with van der Waals surface area (Å²) in [5, 5.41) is 0. The van der Waals surface area contributed by atoms with Gasteiger partial charge in [-0.2, -0.15) is 0 Å². The molecule has 2 nitrogen and oxygen atoms in total. The van der Waals surface area contributed by atoms with Crippen LogP contribution in [-0.4, -0.2) is 0 Å². The normalized spacial score (nSPS) is 11.8. The van der Waals surface area contributed by atoms with Gasteiger partial charge in [-0.05, 0) is 118 Å². The zero-order valence-electron chi connectivity index (χ0n) is 28.6. The minimum Gasteiger partial charge on any atom is -0.311 e. The topological polar surface area (TPSA) is 6.48 Å². The highest BCUT2D eigenvalue weighted by atomic mass is 15.1. The van der Waals surface area contributed by atoms with Crippen molar-refractivity contribution in [3.63, 3.8) is 0 Å². The predicted octanol–water partition coefficient (Wildman–Crippen LogP) is 13.0. The van der Waals surface area contributed by atoms with Crippen LogP contribution in [0.3, 0.4) is 0 Å². The van der Waals surface area contributed by atoms with Crippen LogP contribution in [0.5, 0.6) is 0 Å². The summed E-state index contributed by atoms with van der Waals surface area (Å²) in [5.41, 5.74) is 14.7. The average molecular weight is 615 g/mol. The third kappa shape index (κ3) is 7.18. The maximum Gasteiger partial charge on any atom is 0.0461 e. The molecule has 236 valence electrons. The molecule has 0 aliphatic rings. The Morgan fingerprint density at radius 1 is 0.362 bits per heavy atom. The summed E-state index contributed by atoms with van der Waals surface area (Å²) in [7, 11) is 0. The van der Waals surface area contributed by atoms with Gasteiger partial charge in [-0.3, -0.25) is 0 Å². The molecule has 2 heteroatoms. The van der Waals surface area contributed by atoms with Crippen LogP contribution >= 0.6 is 0 Å². The Morgan fingerprint density at radius 3 is 0.787 bits per heavy atom. The SMILES string of the molecule is CCC(C)C(c1ccc(N(c2ccc(C)cc2)c2ccc(C)cc2)cc1)c1ccc(N(c2ccc(C)cc2)c2ccc(C)cc2)cc1. The summed E-state index contributed by atoms with van der Waals surface area (Å²) in [4.78, 5) is 4.70. The molecule has 1 atom stereocenters. The van der Waals surface area contributed by atoms with E-state index < -0.39 is 0 Å². The summed E-state index contributed by atoms with van der Waals surface area (Å²) in [5.74, 6) is 0.782. The number of aryl methyl sites for hydroxylation is 4. The lowest BCUT2D eigenvalue weighted by Gasteiger charge is -2.29. The van der Waals surface area contributed by atoms with E-state index in [2.05, 4.69) is 197 Å². The Labute approximate surface area is 282 Å². The second-order valence-electron chi connectivity index (χ2n) is 13.1. The predicted molar refractivity (Wildman–Crippen MR) is 202 cm³/mol. The number of rotatable bonds is 10. The zero-order valence-corrected chi connectivity index (χ0v) is 28.6. The van der Waals surface area contributed by atoms with Gasteiger partial charge in [-0.1, -0.05) is 115 Å². The molecule has 0 radical (unpaired) electrons. The molecule has 0 spiro atoms. The fraction of sp³-hybridized carbons (Fsp3) is 0.200. The van der Waals surface area contributed by atoms with Crippen molar-refractivity contribution in [1.29, 1.82) is 0 Å². The molecule has 0 saturated heterocycles. The van der Waals surface area contributed by atoms with Crippen LogP contribution in [0, 0.1) is 33.6 Å². The van der Waals surface area contributed by atoms with Crippen LogP contribution in [0.4, 0.5) is 34.1 Å². The number of nitrogens with zero attached hydrogens (tertiary/aromatic N) is 2. The molecule has 0 amide bonds. The molecular formula is C45H46N2. The zero-order chi connectivity index (χ0) is 32.9. The standard InChI is InChI=1S/C45H46N2/c1-7-36(6)45(37-16-28-43(29-17-37)46(39-20-8-32(2)9-21-39)40-22-10-33(3)11-23-40)38-18-30-44(31-19-38)47(41-24-12-34(4)13-25-41)42-26-14-35(5)15-27-42/h8-31,36,45H,7H2,1-6H3. The Balaban J connectivity index is 1.34. The van der Waals surface area contributed by atoms with E-state index in [4.69, 9.17) is 0 Å². The number of hydrogen-bond donors (Lipinski definition) is 0. The molecule has 6 aromatic carbocycles. The maximum absolute atomic E-state index is 2.38. The fourth-order valence-electron chi connectivity index (χ4n) is 6.42. The number of hydrogen-bond acceptors (Lipinski definition) is 2. The highest BCUT2D eigenvalue weighted by Gasteiger charge is 2.22. The van der Waals surface area contributed by atoms with Crippen LogP contribution < -0.4 is 9.80 Å². The van der Waals surface area contributed by atoms with E-state index in [9.17, 15) is 0 Å². The molecule has 1 unspecified atom stereocenters. The first-order chi connectivity index (χ1) is 22.8. The lowest BCUT2D eigenvalue weighted by Crippen LogP contribution is -2.13. The van der Waals surface area contributed by atoms with Crippen molar-refractivity contribution < 1.29 is 0 Å². The monoisotopic (exact) mass is 614 g/mol. The van der Waals surface area contributed by atoms with Gasteiger partial charge in [0.15, 0.2) is 0 Å². The molecule has 0 aliphatic heterocycles. The first-order valence-electron chi connectivity index (χ1n) is 16.9. The molecule has 0 heterocycles. The van der Waals surface area contributed by atoms with E-state index in [0.717, 1.165) is 40.5 Å². The summed E-state index contributed by atoms with van der Waals surface area (Å²) >= 11 is 0. The van der Waals surface area contributed by atoms with Crippen molar-refractivity contribution in [2.75, 3.05) is 9.80 Å². The largest absolute Gasteiger partial charge is 0.311 e. The molecule has 0 aromatic heterocycles. The van der Waals surface area contributed by atoms with Crippen LogP contribution in [0.15, 0.2) is 146 Å². The Kier molecular flexibility index (Phi) is 9.59. The van der Waals surface area contributed by atoms with Gasteiger partial charge in [-0.25, -0.2) is 0 Å². The van der Waals surface area contributed by atoms with Crippen molar-refractivity contribution >= 4 is 34.1 Å². The van der Waals surface area contributed by atoms with E-state index in [1.807, 2.05) is 0 Å². The van der Waals surface area contributed by atoms with Gasteiger partial charge >= 0.3 is 0 Å². The first-order valence-corrected chi connectivity index (χ1v) is 16.9. The molecule has 47 heavy (non-hydrogen) atoms. The minimum absolute atomic E-state index is 0.294. The smallest absolute Gasteiger partial charge is 0.0461 e. The van der Waals surface area contributed by atoms with E-state index in [1.54, 1.807) is 0 Å². The van der Waals surface area contributed by atoms with Crippen molar-refractivity contribution in [3.05, 3.63) is 179 Å². The summed E-state index contributed by atoms with van der Waals surface area (Å²) < 4.78 is 0. The number of anilines is 6. The summed E-state index contributed by atoms with van der Waals surface area (Å²) in [6, 6.07) is 53.7. The Hall–Kier alpha value is -5.08. The third-order valence-electron chi connectivity index (χ3n) is 9.40. The van der Waals surface area contributed by atoms with Crippen molar-refractivity contribution in [1.82, 2.24) is 0 Å². The first kappa shape index (κ1) is 31.9. The molecule has 0 bridgehead atoms. The molecular weight excluding hydrogens is 569 g/mol. The molecule has 0 saturated carbocycles. The van der Waals surface area contributed by atoms with Gasteiger partial charge in [0, 0.05) is 40.0 Å². The van der Waals surface area contributed by atoms with Crippen LogP contribution in [0.25, 0.3) is 0 Å². The van der Waals surface area contributed by atoms with Crippen molar-refractivity contribution in [2.45, 2.75) is 53.9 Å². The molecule has 0 N–H and O–H groups in total. The maximum atomic E-state index is 2.38. The van der Waals surface area contributed by atoms with Crippen LogP contribution in [-0.2, 0) is 0 Å². The molecule has 0 aliphatic carbocycles. The van der Waals surface area contributed by atoms with Crippen LogP contribution in [0.2, 0.25) is 0 Å². The number of benzene rings is 6. The fourth-order valence-corrected chi connectivity index (χ4v) is 6.42. The Bertz CT molecular complexity index is 1640. The second kappa shape index (κ2) is 14.1. The third-order valence-corrected chi connectivity index (χ3v) is 9.40. The quantitative estimate of drug-likeness (QED) is 0.151. The van der Waals surface area contributed by atoms with Crippen molar-refractivity contribution in [3.8, 4) is 0 Å². The summed E-state index contributed by atoms with van der Waals surface area (Å²) in [6.07, 6.45) is 1.10. The highest BCUT2D eigenvalue weighted by Crippen LogP contribution is 2.40. The van der Waals surface area contributed by atoms with Gasteiger partial charge in [0.2, 0.25) is 0 Å². The minimum atomic E-state index is 0.294. The molecule has 6 rings (SSSR count). The lowest BCUT2D eigenvalue weighted by molar-refractivity contribution is 0.496. The lowest BCUT2D eigenvalue weighted by atomic mass is 9.80. The van der Waals surface area contributed by atoms with E-state index >= 15 is 0 Å². The average Bonchev–Trinajstić information content (AvgIpc) is 3.09. The second-order valence-corrected chi connectivity index (χ2v) is 13.1. The van der Waals surface area contributed by atoms with Gasteiger partial charge in [-0.15, -0.1) is 0 Å². The molecule has 6 aromatic rings. The van der Waals surface area contributed by atoms with E-state index in [1.165, 1.54) is 33.4 Å². The van der Waals surface area contributed by atoms with Gasteiger partial charge in [0.1, 0.15) is 0 Å². The van der Waals surface area contributed by atoms with Crippen molar-refractivity contribution in [2.24, 2.45) is 5.92 Å². The van der Waals surface area contributed by atoms with Gasteiger partial charge in [0.25, 0.3) is 0 Å². The van der Waals surface area contributed by atoms with Crippen LogP contribution in [0.1, 0.15) is 59.6 Å². The summed E-state index contributed by atoms with van der Waals surface area (Å²) in [6.45, 7) is 13.2. The Morgan fingerprint density at radius 2 is 0.574 bits per heavy atom. The van der Waals surface area contributed by atoms with E-state index in [-0.39, 0.29) is 0 Å². The highest BCUT2D eigenvalue weighted by molar-refractivity contribution is 5.78.